The van der Waals surface area contributed by atoms with Crippen molar-refractivity contribution in [3.63, 3.8) is 0 Å². The lowest BCUT2D eigenvalue weighted by molar-refractivity contribution is -0.115. The summed E-state index contributed by atoms with van der Waals surface area (Å²) in [5.41, 5.74) is 5.39. The van der Waals surface area contributed by atoms with Gasteiger partial charge in [-0.05, 0) is 31.4 Å². The van der Waals surface area contributed by atoms with Gasteiger partial charge < -0.3 is 20.2 Å². The number of aliphatic hydroxyl groups is 1. The van der Waals surface area contributed by atoms with Gasteiger partial charge in [-0.25, -0.2) is 18.8 Å². The summed E-state index contributed by atoms with van der Waals surface area (Å²) >= 11 is 1.09. The summed E-state index contributed by atoms with van der Waals surface area (Å²) in [5.74, 6) is -0.981. The topological polar surface area (TPSA) is 77.9 Å². The Labute approximate surface area is 178 Å². The van der Waals surface area contributed by atoms with Crippen molar-refractivity contribution in [3.05, 3.63) is 47.2 Å². The van der Waals surface area contributed by atoms with E-state index in [1.165, 1.54) is 19.2 Å². The Kier molecular flexibility index (Phi) is 7.11. The Hall–Kier alpha value is -2.43. The highest BCUT2D eigenvalue weighted by atomic mass is 32.2. The number of nitrogens with one attached hydrogen (secondary N) is 1. The van der Waals surface area contributed by atoms with Crippen molar-refractivity contribution in [2.75, 3.05) is 43.3 Å². The zero-order chi connectivity index (χ0) is 21.8. The SMILES string of the molecule is COc1nc(C)c(CO)cc1NN1CCN(c2cc(F)cc(F)c2)CC1C(=O)SC. The third kappa shape index (κ3) is 4.82. The molecular formula is C20H24F2N4O3S. The van der Waals surface area contributed by atoms with Crippen LogP contribution in [0, 0.1) is 18.6 Å². The first-order valence-corrected chi connectivity index (χ1v) is 10.6. The van der Waals surface area contributed by atoms with Crippen LogP contribution in [-0.2, 0) is 11.4 Å². The predicted octanol–water partition coefficient (Wildman–Crippen LogP) is 2.58. The molecule has 1 aliphatic heterocycles. The monoisotopic (exact) mass is 438 g/mol. The van der Waals surface area contributed by atoms with Crippen molar-refractivity contribution in [2.45, 2.75) is 19.6 Å². The molecule has 2 N–H and O–H groups in total. The summed E-state index contributed by atoms with van der Waals surface area (Å²) in [7, 11) is 1.49. The number of hydrazine groups is 1. The number of rotatable bonds is 6. The van der Waals surface area contributed by atoms with Gasteiger partial charge in [-0.2, -0.15) is 0 Å². The quantitative estimate of drug-likeness (QED) is 0.713. The summed E-state index contributed by atoms with van der Waals surface area (Å²) < 4.78 is 32.6. The average molecular weight is 439 g/mol. The lowest BCUT2D eigenvalue weighted by Crippen LogP contribution is -2.58. The van der Waals surface area contributed by atoms with Gasteiger partial charge in [0.25, 0.3) is 0 Å². The smallest absolute Gasteiger partial charge is 0.238 e. The number of hydrogen-bond acceptors (Lipinski definition) is 8. The van der Waals surface area contributed by atoms with Crippen LogP contribution in [0.4, 0.5) is 20.2 Å². The number of nitrogens with zero attached hydrogens (tertiary/aromatic N) is 3. The van der Waals surface area contributed by atoms with E-state index < -0.39 is 17.7 Å². The maximum atomic E-state index is 13.7. The summed E-state index contributed by atoms with van der Waals surface area (Å²) in [5, 5.41) is 11.2. The molecule has 0 saturated carbocycles. The fraction of sp³-hybridized carbons (Fsp3) is 0.400. The van der Waals surface area contributed by atoms with Crippen LogP contribution in [0.5, 0.6) is 5.88 Å². The number of thioether (sulfide) groups is 1. The van der Waals surface area contributed by atoms with Gasteiger partial charge in [0.05, 0.1) is 13.7 Å². The minimum absolute atomic E-state index is 0.0921. The second-order valence-electron chi connectivity index (χ2n) is 6.87. The van der Waals surface area contributed by atoms with E-state index in [0.717, 1.165) is 17.8 Å². The number of benzene rings is 1. The summed E-state index contributed by atoms with van der Waals surface area (Å²) in [6.45, 7) is 2.70. The second-order valence-corrected chi connectivity index (χ2v) is 7.68. The number of methoxy groups -OCH3 is 1. The fourth-order valence-electron chi connectivity index (χ4n) is 3.39. The van der Waals surface area contributed by atoms with Crippen molar-refractivity contribution < 1.29 is 23.4 Å². The molecule has 1 fully saturated rings. The van der Waals surface area contributed by atoms with Crippen LogP contribution in [0.15, 0.2) is 24.3 Å². The Balaban J connectivity index is 1.86. The fourth-order valence-corrected chi connectivity index (χ4v) is 3.86. The van der Waals surface area contributed by atoms with Crippen LogP contribution in [-0.4, -0.2) is 59.3 Å². The van der Waals surface area contributed by atoms with Gasteiger partial charge in [0, 0.05) is 42.6 Å². The minimum atomic E-state index is -0.662. The summed E-state index contributed by atoms with van der Waals surface area (Å²) in [6, 6.07) is 4.49. The molecule has 1 saturated heterocycles. The first-order chi connectivity index (χ1) is 14.4. The molecule has 3 rings (SSSR count). The molecule has 1 aliphatic rings. The Morgan fingerprint density at radius 3 is 2.60 bits per heavy atom. The molecule has 0 aliphatic carbocycles. The highest BCUT2D eigenvalue weighted by molar-refractivity contribution is 8.13. The summed E-state index contributed by atoms with van der Waals surface area (Å²) in [4.78, 5) is 18.8. The summed E-state index contributed by atoms with van der Waals surface area (Å²) in [6.07, 6.45) is 1.69. The second kappa shape index (κ2) is 9.59. The number of halogens is 2. The van der Waals surface area contributed by atoms with Crippen LogP contribution in [0.1, 0.15) is 11.3 Å². The minimum Gasteiger partial charge on any atom is -0.479 e. The highest BCUT2D eigenvalue weighted by Gasteiger charge is 2.33. The number of hydrogen-bond donors (Lipinski definition) is 2. The highest BCUT2D eigenvalue weighted by Crippen LogP contribution is 2.28. The molecule has 0 radical (unpaired) electrons. The maximum Gasteiger partial charge on any atom is 0.238 e. The largest absolute Gasteiger partial charge is 0.479 e. The number of ether oxygens (including phenoxy) is 1. The van der Waals surface area contributed by atoms with E-state index in [1.54, 1.807) is 29.2 Å². The van der Waals surface area contributed by atoms with E-state index in [0.29, 0.717) is 41.6 Å². The first kappa shape index (κ1) is 22.3. The van der Waals surface area contributed by atoms with E-state index in [-0.39, 0.29) is 18.3 Å². The van der Waals surface area contributed by atoms with E-state index in [4.69, 9.17) is 4.74 Å². The van der Waals surface area contributed by atoms with Gasteiger partial charge in [0.1, 0.15) is 23.4 Å². The number of aromatic nitrogens is 1. The zero-order valence-corrected chi connectivity index (χ0v) is 17.8. The van der Waals surface area contributed by atoms with Gasteiger partial charge in [-0.1, -0.05) is 11.8 Å². The van der Waals surface area contributed by atoms with E-state index in [9.17, 15) is 18.7 Å². The van der Waals surface area contributed by atoms with E-state index in [1.807, 2.05) is 0 Å². The normalized spacial score (nSPS) is 17.1. The molecule has 2 aromatic rings. The molecule has 2 heterocycles. The molecule has 1 aromatic carbocycles. The van der Waals surface area contributed by atoms with Crippen molar-refractivity contribution in [1.82, 2.24) is 9.99 Å². The number of aliphatic hydroxyl groups excluding tert-OH is 1. The molecule has 1 aromatic heterocycles. The average Bonchev–Trinajstić information content (AvgIpc) is 2.73. The van der Waals surface area contributed by atoms with Crippen molar-refractivity contribution in [3.8, 4) is 5.88 Å². The molecule has 0 spiro atoms. The Morgan fingerprint density at radius 1 is 1.30 bits per heavy atom. The van der Waals surface area contributed by atoms with Crippen molar-refractivity contribution >= 4 is 28.3 Å². The maximum absolute atomic E-state index is 13.7. The molecule has 1 atom stereocenters. The van der Waals surface area contributed by atoms with Crippen LogP contribution >= 0.6 is 11.8 Å². The van der Waals surface area contributed by atoms with Crippen molar-refractivity contribution in [1.29, 1.82) is 0 Å². The number of aryl methyl sites for hydroxylation is 1. The van der Waals surface area contributed by atoms with Crippen molar-refractivity contribution in [2.24, 2.45) is 0 Å². The van der Waals surface area contributed by atoms with Gasteiger partial charge in [0.2, 0.25) is 11.0 Å². The van der Waals surface area contributed by atoms with E-state index >= 15 is 0 Å². The molecule has 0 amide bonds. The standard InChI is InChI=1S/C20H24F2N4O3S/c1-12-13(11-27)6-17(19(23-12)29-2)24-26-5-4-25(10-18(26)20(28)30-3)16-8-14(21)7-15(22)9-16/h6-9,18,24,27H,4-5,10-11H2,1-3H3. The molecule has 10 heteroatoms. The lowest BCUT2D eigenvalue weighted by atomic mass is 10.1. The molecule has 1 unspecified atom stereocenters. The molecule has 0 bridgehead atoms. The van der Waals surface area contributed by atoms with Gasteiger partial charge in [-0.3, -0.25) is 4.79 Å². The van der Waals surface area contributed by atoms with Crippen LogP contribution in [0.2, 0.25) is 0 Å². The molecule has 162 valence electrons. The van der Waals surface area contributed by atoms with E-state index in [2.05, 4.69) is 10.4 Å². The predicted molar refractivity (Wildman–Crippen MR) is 113 cm³/mol. The van der Waals surface area contributed by atoms with Gasteiger partial charge in [0.15, 0.2) is 0 Å². The third-order valence-corrected chi connectivity index (χ3v) is 5.65. The number of carbonyl (C=O) groups is 1. The van der Waals surface area contributed by atoms with Crippen LogP contribution in [0.3, 0.4) is 0 Å². The van der Waals surface area contributed by atoms with Gasteiger partial charge >= 0.3 is 0 Å². The Bertz CT molecular complexity index is 911. The number of carbonyl (C=O) groups excluding carboxylic acids is 1. The third-order valence-electron chi connectivity index (χ3n) is 4.98. The molecular weight excluding hydrogens is 414 g/mol. The van der Waals surface area contributed by atoms with Crippen LogP contribution < -0.4 is 15.1 Å². The van der Waals surface area contributed by atoms with Gasteiger partial charge in [-0.15, -0.1) is 0 Å². The molecule has 7 nitrogen and oxygen atoms in total. The van der Waals surface area contributed by atoms with Crippen LogP contribution in [0.25, 0.3) is 0 Å². The lowest BCUT2D eigenvalue weighted by Gasteiger charge is -2.41. The zero-order valence-electron chi connectivity index (χ0n) is 17.0. The number of pyridine rings is 1. The molecule has 30 heavy (non-hydrogen) atoms. The Morgan fingerprint density at radius 2 is 2.00 bits per heavy atom. The number of piperazine rings is 1. The number of anilines is 2. The first-order valence-electron chi connectivity index (χ1n) is 9.33.